The first-order valence-electron chi connectivity index (χ1n) is 10.4. The maximum Gasteiger partial charge on any atom is 0.280 e. The second kappa shape index (κ2) is 6.79. The minimum absolute atomic E-state index is 0.0720. The fraction of sp³-hybridized carbons (Fsp3) is 0.391. The highest BCUT2D eigenvalue weighted by Crippen LogP contribution is 2.37. The first-order valence-corrected chi connectivity index (χ1v) is 10.4. The van der Waals surface area contributed by atoms with Crippen LogP contribution in [0.4, 0.5) is 0 Å². The Morgan fingerprint density at radius 3 is 2.62 bits per heavy atom. The molecule has 0 aliphatic heterocycles. The minimum Gasteiger partial charge on any atom is -0.310 e. The third-order valence-electron chi connectivity index (χ3n) is 6.67. The predicted molar refractivity (Wildman–Crippen MR) is 114 cm³/mol. The van der Waals surface area contributed by atoms with Crippen LogP contribution >= 0.6 is 0 Å². The van der Waals surface area contributed by atoms with Gasteiger partial charge < -0.3 is 4.57 Å². The van der Waals surface area contributed by atoms with Crippen LogP contribution in [0.3, 0.4) is 0 Å². The van der Waals surface area contributed by atoms with E-state index in [1.807, 2.05) is 54.1 Å². The Morgan fingerprint density at radius 2 is 1.83 bits per heavy atom. The minimum atomic E-state index is -0.0720. The van der Waals surface area contributed by atoms with Crippen molar-refractivity contribution in [1.82, 2.24) is 24.4 Å². The average molecular weight is 387 g/mol. The molecule has 6 nitrogen and oxygen atoms in total. The number of fused-ring (bicyclic) bond motifs is 3. The van der Waals surface area contributed by atoms with Gasteiger partial charge in [-0.05, 0) is 36.8 Å². The van der Waals surface area contributed by atoms with Crippen LogP contribution in [0.1, 0.15) is 44.8 Å². The quantitative estimate of drug-likeness (QED) is 0.511. The van der Waals surface area contributed by atoms with Crippen molar-refractivity contribution in [2.75, 3.05) is 0 Å². The van der Waals surface area contributed by atoms with E-state index in [0.717, 1.165) is 29.7 Å². The maximum atomic E-state index is 13.3. The van der Waals surface area contributed by atoms with E-state index >= 15 is 0 Å². The summed E-state index contributed by atoms with van der Waals surface area (Å²) in [5.41, 5.74) is 4.57. The molecule has 1 saturated carbocycles. The highest BCUT2D eigenvalue weighted by atomic mass is 16.1. The van der Waals surface area contributed by atoms with Crippen LogP contribution in [0.25, 0.3) is 27.8 Å². The molecule has 6 heteroatoms. The van der Waals surface area contributed by atoms with E-state index in [9.17, 15) is 4.79 Å². The predicted octanol–water partition coefficient (Wildman–Crippen LogP) is 4.41. The summed E-state index contributed by atoms with van der Waals surface area (Å²) >= 11 is 0. The molecule has 4 aromatic rings. The van der Waals surface area contributed by atoms with E-state index in [2.05, 4.69) is 24.0 Å². The van der Waals surface area contributed by atoms with Gasteiger partial charge in [0.1, 0.15) is 5.52 Å². The second-order valence-electron chi connectivity index (χ2n) is 8.36. The smallest absolute Gasteiger partial charge is 0.280 e. The molecule has 0 amide bonds. The Hall–Kier alpha value is -3.02. The zero-order chi connectivity index (χ0) is 20.1. The van der Waals surface area contributed by atoms with Crippen LogP contribution in [0.5, 0.6) is 0 Å². The lowest BCUT2D eigenvalue weighted by molar-refractivity contribution is 0.183. The van der Waals surface area contributed by atoms with Gasteiger partial charge in [0.05, 0.1) is 11.3 Å². The van der Waals surface area contributed by atoms with E-state index < -0.39 is 0 Å². The van der Waals surface area contributed by atoms with Gasteiger partial charge in [0.15, 0.2) is 11.2 Å². The molecule has 3 atom stereocenters. The van der Waals surface area contributed by atoms with Gasteiger partial charge in [0, 0.05) is 12.2 Å². The Kier molecular flexibility index (Phi) is 4.23. The third-order valence-corrected chi connectivity index (χ3v) is 6.67. The Balaban J connectivity index is 1.70. The summed E-state index contributed by atoms with van der Waals surface area (Å²) in [4.78, 5) is 13.3. The van der Waals surface area contributed by atoms with Gasteiger partial charge in [-0.15, -0.1) is 10.2 Å². The highest BCUT2D eigenvalue weighted by Gasteiger charge is 2.29. The van der Waals surface area contributed by atoms with Crippen molar-refractivity contribution in [2.45, 2.75) is 46.1 Å². The molecule has 0 spiro atoms. The second-order valence-corrected chi connectivity index (χ2v) is 8.36. The third kappa shape index (κ3) is 2.77. The zero-order valence-corrected chi connectivity index (χ0v) is 17.0. The summed E-state index contributed by atoms with van der Waals surface area (Å²) in [6.07, 6.45) is 5.34. The number of hydrogen-bond donors (Lipinski definition) is 0. The molecule has 1 aromatic carbocycles. The molecule has 29 heavy (non-hydrogen) atoms. The van der Waals surface area contributed by atoms with E-state index in [1.54, 1.807) is 4.52 Å². The van der Waals surface area contributed by atoms with Crippen LogP contribution in [0, 0.1) is 18.8 Å². The van der Waals surface area contributed by atoms with Crippen molar-refractivity contribution in [3.05, 3.63) is 58.6 Å². The van der Waals surface area contributed by atoms with Crippen LogP contribution in [0.15, 0.2) is 47.4 Å². The summed E-state index contributed by atoms with van der Waals surface area (Å²) in [6.45, 7) is 6.50. The normalized spacial score (nSPS) is 22.4. The Morgan fingerprint density at radius 1 is 1.03 bits per heavy atom. The lowest BCUT2D eigenvalue weighted by atomic mass is 9.78. The summed E-state index contributed by atoms with van der Waals surface area (Å²) in [5, 5.41) is 13.5. The van der Waals surface area contributed by atoms with Crippen molar-refractivity contribution < 1.29 is 0 Å². The largest absolute Gasteiger partial charge is 0.310 e. The van der Waals surface area contributed by atoms with Gasteiger partial charge in [0.25, 0.3) is 5.56 Å². The fourth-order valence-electron chi connectivity index (χ4n) is 4.82. The van der Waals surface area contributed by atoms with Crippen molar-refractivity contribution >= 4 is 16.7 Å². The maximum absolute atomic E-state index is 13.3. The molecule has 0 bridgehead atoms. The lowest BCUT2D eigenvalue weighted by Gasteiger charge is -2.35. The number of hydrogen-bond acceptors (Lipinski definition) is 4. The van der Waals surface area contributed by atoms with Crippen LogP contribution < -0.4 is 5.56 Å². The van der Waals surface area contributed by atoms with Gasteiger partial charge in [-0.25, -0.2) is 4.52 Å². The van der Waals surface area contributed by atoms with Gasteiger partial charge >= 0.3 is 0 Å². The fourth-order valence-corrected chi connectivity index (χ4v) is 4.82. The molecule has 148 valence electrons. The first kappa shape index (κ1) is 18.0. The van der Waals surface area contributed by atoms with Crippen LogP contribution in [-0.4, -0.2) is 24.4 Å². The number of pyridine rings is 1. The molecule has 3 aromatic heterocycles. The number of aromatic nitrogens is 5. The zero-order valence-electron chi connectivity index (χ0n) is 17.0. The molecule has 0 N–H and O–H groups in total. The first-order chi connectivity index (χ1) is 14.1. The van der Waals surface area contributed by atoms with Gasteiger partial charge in [-0.3, -0.25) is 4.79 Å². The summed E-state index contributed by atoms with van der Waals surface area (Å²) in [5.74, 6) is 1.08. The molecule has 0 unspecified atom stereocenters. The van der Waals surface area contributed by atoms with Crippen LogP contribution in [-0.2, 0) is 0 Å². The molecular weight excluding hydrogens is 362 g/mol. The Bertz CT molecular complexity index is 1260. The number of nitrogens with zero attached hydrogens (tertiary/aromatic N) is 5. The topological polar surface area (TPSA) is 65.1 Å². The monoisotopic (exact) mass is 387 g/mol. The van der Waals surface area contributed by atoms with E-state index in [-0.39, 0.29) is 11.6 Å². The summed E-state index contributed by atoms with van der Waals surface area (Å²) < 4.78 is 3.64. The summed E-state index contributed by atoms with van der Waals surface area (Å²) in [6, 6.07) is 12.2. The average Bonchev–Trinajstić information content (AvgIpc) is 3.07. The van der Waals surface area contributed by atoms with E-state index in [4.69, 9.17) is 5.10 Å². The van der Waals surface area contributed by atoms with Gasteiger partial charge in [-0.2, -0.15) is 5.10 Å². The van der Waals surface area contributed by atoms with Crippen molar-refractivity contribution in [1.29, 1.82) is 0 Å². The molecular formula is C23H25N5O. The van der Waals surface area contributed by atoms with E-state index in [0.29, 0.717) is 28.5 Å². The standard InChI is InChI=1S/C23H25N5O/c1-14-8-7-11-18(15(14)2)27-13-12-19-21(23(27)29)24-25-22-20(16(3)26-28(19)22)17-9-5-4-6-10-17/h4-6,9-10,12-15,18H,7-8,11H2,1-3H3/t14-,15-,18+/m0/s1. The van der Waals surface area contributed by atoms with Crippen molar-refractivity contribution in [3.8, 4) is 11.1 Å². The van der Waals surface area contributed by atoms with E-state index in [1.165, 1.54) is 6.42 Å². The highest BCUT2D eigenvalue weighted by molar-refractivity contribution is 5.84. The molecule has 1 aliphatic carbocycles. The van der Waals surface area contributed by atoms with Crippen molar-refractivity contribution in [3.63, 3.8) is 0 Å². The summed E-state index contributed by atoms with van der Waals surface area (Å²) in [7, 11) is 0. The van der Waals surface area contributed by atoms with Crippen LogP contribution in [0.2, 0.25) is 0 Å². The molecule has 5 rings (SSSR count). The Labute approximate surface area is 169 Å². The lowest BCUT2D eigenvalue weighted by Crippen LogP contribution is -2.34. The van der Waals surface area contributed by atoms with Gasteiger partial charge in [0.2, 0.25) is 0 Å². The number of rotatable bonds is 2. The molecule has 1 fully saturated rings. The molecule has 0 saturated heterocycles. The van der Waals surface area contributed by atoms with Crippen molar-refractivity contribution in [2.24, 2.45) is 11.8 Å². The van der Waals surface area contributed by atoms with Gasteiger partial charge in [-0.1, -0.05) is 57.0 Å². The number of aryl methyl sites for hydroxylation is 1. The SMILES string of the molecule is Cc1nn2c(nnc3c(=O)n([C@@H]4CCC[C@H](C)[C@@H]4C)ccc32)c1-c1ccccc1. The molecule has 1 aliphatic rings. The number of benzene rings is 1. The molecule has 0 radical (unpaired) electrons. The molecule has 3 heterocycles.